The van der Waals surface area contributed by atoms with Gasteiger partial charge in [-0.15, -0.1) is 0 Å². The Morgan fingerprint density at radius 2 is 1.95 bits per heavy atom. The summed E-state index contributed by atoms with van der Waals surface area (Å²) in [6.45, 7) is 0.360. The normalized spacial score (nSPS) is 19.1. The van der Waals surface area contributed by atoms with E-state index >= 15 is 0 Å². The molecule has 104 valence electrons. The van der Waals surface area contributed by atoms with Crippen molar-refractivity contribution in [1.82, 2.24) is 0 Å². The fourth-order valence-electron chi connectivity index (χ4n) is 3.23. The first-order valence-electron chi connectivity index (χ1n) is 6.71. The molecule has 2 rings (SSSR count). The quantitative estimate of drug-likeness (QED) is 0.855. The lowest BCUT2D eigenvalue weighted by Gasteiger charge is -2.33. The molecule has 1 fully saturated rings. The van der Waals surface area contributed by atoms with Crippen molar-refractivity contribution in [3.63, 3.8) is 0 Å². The number of benzene rings is 1. The molecule has 1 unspecified atom stereocenters. The van der Waals surface area contributed by atoms with Crippen molar-refractivity contribution in [1.29, 1.82) is 0 Å². The summed E-state index contributed by atoms with van der Waals surface area (Å²) in [6.07, 6.45) is 3.38. The highest BCUT2D eigenvalue weighted by Crippen LogP contribution is 2.48. The lowest BCUT2D eigenvalue weighted by atomic mass is 9.70. The molecule has 19 heavy (non-hydrogen) atoms. The fraction of sp³-hybridized carbons (Fsp3) is 0.533. The third kappa shape index (κ3) is 2.45. The molecule has 3 N–H and O–H groups in total. The Balaban J connectivity index is 2.34. The molecule has 0 spiro atoms. The van der Waals surface area contributed by atoms with Gasteiger partial charge in [-0.2, -0.15) is 0 Å². The molecule has 1 saturated carbocycles. The minimum Gasteiger partial charge on any atom is -0.497 e. The summed E-state index contributed by atoms with van der Waals surface area (Å²) in [5.74, 6) is -0.0648. The number of methoxy groups -OCH3 is 1. The lowest BCUT2D eigenvalue weighted by molar-refractivity contribution is -0.150. The van der Waals surface area contributed by atoms with E-state index in [1.807, 2.05) is 24.3 Å². The molecule has 1 aliphatic carbocycles. The van der Waals surface area contributed by atoms with Crippen molar-refractivity contribution in [3.8, 4) is 5.75 Å². The van der Waals surface area contributed by atoms with E-state index in [9.17, 15) is 9.90 Å². The topological polar surface area (TPSA) is 72.5 Å². The fourth-order valence-corrected chi connectivity index (χ4v) is 3.23. The van der Waals surface area contributed by atoms with E-state index in [1.54, 1.807) is 7.11 Å². The number of rotatable bonds is 5. The molecule has 0 aromatic heterocycles. The highest BCUT2D eigenvalue weighted by atomic mass is 16.5. The van der Waals surface area contributed by atoms with Gasteiger partial charge >= 0.3 is 5.97 Å². The first kappa shape index (κ1) is 13.9. The molecule has 1 aliphatic rings. The zero-order chi connectivity index (χ0) is 13.9. The van der Waals surface area contributed by atoms with Crippen LogP contribution in [-0.4, -0.2) is 24.7 Å². The van der Waals surface area contributed by atoms with Crippen molar-refractivity contribution < 1.29 is 14.6 Å². The van der Waals surface area contributed by atoms with Crippen LogP contribution in [0.2, 0.25) is 0 Å². The number of nitrogens with two attached hydrogens (primary N) is 1. The molecule has 1 aromatic carbocycles. The van der Waals surface area contributed by atoms with Gasteiger partial charge in [0.1, 0.15) is 5.75 Å². The van der Waals surface area contributed by atoms with Crippen molar-refractivity contribution in [3.05, 3.63) is 29.8 Å². The second kappa shape index (κ2) is 5.61. The molecule has 0 amide bonds. The van der Waals surface area contributed by atoms with E-state index in [0.717, 1.165) is 37.0 Å². The van der Waals surface area contributed by atoms with Crippen molar-refractivity contribution in [2.75, 3.05) is 13.7 Å². The molecular formula is C15H21NO3. The molecule has 0 radical (unpaired) electrons. The Bertz CT molecular complexity index is 435. The van der Waals surface area contributed by atoms with E-state index in [4.69, 9.17) is 10.5 Å². The van der Waals surface area contributed by atoms with Crippen LogP contribution in [0.25, 0.3) is 0 Å². The molecule has 0 bridgehead atoms. The molecule has 4 nitrogen and oxygen atoms in total. The Morgan fingerprint density at radius 3 is 2.37 bits per heavy atom. The predicted molar refractivity (Wildman–Crippen MR) is 73.3 cm³/mol. The summed E-state index contributed by atoms with van der Waals surface area (Å²) in [7, 11) is 1.62. The Morgan fingerprint density at radius 1 is 1.37 bits per heavy atom. The molecule has 0 heterocycles. The van der Waals surface area contributed by atoms with Crippen LogP contribution in [0, 0.1) is 5.41 Å². The van der Waals surface area contributed by atoms with Crippen LogP contribution in [0.5, 0.6) is 5.75 Å². The number of carboxylic acid groups (broad SMARTS) is 1. The summed E-state index contributed by atoms with van der Waals surface area (Å²) in [4.78, 5) is 11.7. The largest absolute Gasteiger partial charge is 0.497 e. The minimum atomic E-state index is -0.712. The van der Waals surface area contributed by atoms with Gasteiger partial charge in [0.05, 0.1) is 12.5 Å². The van der Waals surface area contributed by atoms with Gasteiger partial charge < -0.3 is 15.6 Å². The Hall–Kier alpha value is -1.55. The summed E-state index contributed by atoms with van der Waals surface area (Å²) in [5.41, 5.74) is 6.19. The van der Waals surface area contributed by atoms with Crippen LogP contribution in [-0.2, 0) is 4.79 Å². The molecule has 1 aromatic rings. The van der Waals surface area contributed by atoms with Gasteiger partial charge in [-0.05, 0) is 30.5 Å². The van der Waals surface area contributed by atoms with Gasteiger partial charge in [0.2, 0.25) is 0 Å². The van der Waals surface area contributed by atoms with E-state index in [0.29, 0.717) is 6.54 Å². The molecular weight excluding hydrogens is 242 g/mol. The molecule has 4 heteroatoms. The molecule has 0 aliphatic heterocycles. The smallest absolute Gasteiger partial charge is 0.310 e. The monoisotopic (exact) mass is 263 g/mol. The van der Waals surface area contributed by atoms with Gasteiger partial charge in [0, 0.05) is 12.5 Å². The third-order valence-corrected chi connectivity index (χ3v) is 4.34. The summed E-state index contributed by atoms with van der Waals surface area (Å²) < 4.78 is 5.13. The summed E-state index contributed by atoms with van der Waals surface area (Å²) in [5, 5.41) is 9.65. The third-order valence-electron chi connectivity index (χ3n) is 4.34. The van der Waals surface area contributed by atoms with Crippen LogP contribution < -0.4 is 10.5 Å². The van der Waals surface area contributed by atoms with Crippen LogP contribution in [0.3, 0.4) is 0 Å². The lowest BCUT2D eigenvalue weighted by Crippen LogP contribution is -2.38. The number of ether oxygens (including phenoxy) is 1. The maximum atomic E-state index is 11.7. The Kier molecular flexibility index (Phi) is 4.10. The van der Waals surface area contributed by atoms with Crippen LogP contribution in [0.15, 0.2) is 24.3 Å². The van der Waals surface area contributed by atoms with E-state index in [2.05, 4.69) is 0 Å². The van der Waals surface area contributed by atoms with Gasteiger partial charge in [-0.1, -0.05) is 25.0 Å². The number of hydrogen-bond donors (Lipinski definition) is 2. The second-order valence-corrected chi connectivity index (χ2v) is 5.23. The average molecular weight is 263 g/mol. The highest BCUT2D eigenvalue weighted by Gasteiger charge is 2.47. The highest BCUT2D eigenvalue weighted by molar-refractivity contribution is 5.76. The van der Waals surface area contributed by atoms with Crippen molar-refractivity contribution in [2.24, 2.45) is 11.1 Å². The number of hydrogen-bond acceptors (Lipinski definition) is 3. The van der Waals surface area contributed by atoms with Crippen molar-refractivity contribution >= 4 is 5.97 Å². The van der Waals surface area contributed by atoms with Crippen LogP contribution in [0.1, 0.15) is 37.2 Å². The van der Waals surface area contributed by atoms with Gasteiger partial charge in [-0.25, -0.2) is 0 Å². The zero-order valence-electron chi connectivity index (χ0n) is 11.3. The SMILES string of the molecule is COc1ccc(C(CN)C2(C(=O)O)CCCC2)cc1. The first-order chi connectivity index (χ1) is 9.14. The summed E-state index contributed by atoms with van der Waals surface area (Å²) in [6, 6.07) is 7.59. The first-order valence-corrected chi connectivity index (χ1v) is 6.71. The van der Waals surface area contributed by atoms with Crippen LogP contribution in [0.4, 0.5) is 0 Å². The summed E-state index contributed by atoms with van der Waals surface area (Å²) >= 11 is 0. The maximum absolute atomic E-state index is 11.7. The van der Waals surface area contributed by atoms with E-state index in [1.165, 1.54) is 0 Å². The maximum Gasteiger partial charge on any atom is 0.310 e. The second-order valence-electron chi connectivity index (χ2n) is 5.23. The van der Waals surface area contributed by atoms with Crippen molar-refractivity contribution in [2.45, 2.75) is 31.6 Å². The standard InChI is InChI=1S/C15H21NO3/c1-19-12-6-4-11(5-7-12)13(10-16)15(14(17)18)8-2-3-9-15/h4-7,13H,2-3,8-10,16H2,1H3,(H,17,18). The van der Waals surface area contributed by atoms with E-state index < -0.39 is 11.4 Å². The minimum absolute atomic E-state index is 0.126. The number of carbonyl (C=O) groups is 1. The van der Waals surface area contributed by atoms with Crippen LogP contribution >= 0.6 is 0 Å². The number of aliphatic carboxylic acids is 1. The zero-order valence-corrected chi connectivity index (χ0v) is 11.3. The predicted octanol–water partition coefficient (Wildman–Crippen LogP) is 2.38. The van der Waals surface area contributed by atoms with E-state index in [-0.39, 0.29) is 5.92 Å². The molecule has 0 saturated heterocycles. The van der Waals surface area contributed by atoms with Gasteiger partial charge in [-0.3, -0.25) is 4.79 Å². The number of carboxylic acids is 1. The Labute approximate surface area is 113 Å². The van der Waals surface area contributed by atoms with Gasteiger partial charge in [0.15, 0.2) is 0 Å². The molecule has 1 atom stereocenters. The van der Waals surface area contributed by atoms with Gasteiger partial charge in [0.25, 0.3) is 0 Å². The average Bonchev–Trinajstić information content (AvgIpc) is 2.91.